The third-order valence-electron chi connectivity index (χ3n) is 4.37. The summed E-state index contributed by atoms with van der Waals surface area (Å²) < 4.78 is 28.3. The minimum absolute atomic E-state index is 0.158. The number of hydrogen-bond acceptors (Lipinski definition) is 4. The largest absolute Gasteiger partial charge is 0.506 e. The van der Waals surface area contributed by atoms with Crippen molar-refractivity contribution in [2.45, 2.75) is 6.54 Å². The fraction of sp³-hybridized carbons (Fsp3) is 0.0500. The lowest BCUT2D eigenvalue weighted by Gasteiger charge is -2.09. The van der Waals surface area contributed by atoms with Crippen LogP contribution in [0.3, 0.4) is 0 Å². The number of benzene rings is 2. The summed E-state index contributed by atoms with van der Waals surface area (Å²) in [6.07, 6.45) is 1.32. The summed E-state index contributed by atoms with van der Waals surface area (Å²) in [6, 6.07) is 11.9. The van der Waals surface area contributed by atoms with Gasteiger partial charge in [-0.05, 0) is 17.7 Å². The van der Waals surface area contributed by atoms with Crippen LogP contribution in [0.1, 0.15) is 15.9 Å². The molecule has 0 spiro atoms. The number of pyridine rings is 1. The quantitative estimate of drug-likeness (QED) is 0.494. The van der Waals surface area contributed by atoms with E-state index in [-0.39, 0.29) is 16.7 Å². The molecule has 2 heterocycles. The average Bonchev–Trinajstić information content (AvgIpc) is 3.07. The molecule has 3 N–H and O–H groups in total. The molecule has 0 saturated carbocycles. The molecule has 29 heavy (non-hydrogen) atoms. The Bertz CT molecular complexity index is 1280. The molecule has 2 aromatic heterocycles. The Kier molecular flexibility index (Phi) is 4.55. The van der Waals surface area contributed by atoms with Gasteiger partial charge in [-0.1, -0.05) is 30.3 Å². The number of aromatic hydroxyl groups is 1. The molecule has 1 amide bonds. The lowest BCUT2D eigenvalue weighted by molar-refractivity contribution is 0.102. The maximum Gasteiger partial charge on any atom is 0.266 e. The second-order valence-corrected chi connectivity index (χ2v) is 6.31. The second-order valence-electron chi connectivity index (χ2n) is 6.31. The molecule has 9 heteroatoms. The first kappa shape index (κ1) is 18.4. The van der Waals surface area contributed by atoms with Crippen LogP contribution in [0.4, 0.5) is 14.5 Å². The highest BCUT2D eigenvalue weighted by molar-refractivity contribution is 6.08. The van der Waals surface area contributed by atoms with Gasteiger partial charge in [-0.25, -0.2) is 13.5 Å². The predicted octanol–water partition coefficient (Wildman–Crippen LogP) is 3.01. The van der Waals surface area contributed by atoms with E-state index in [0.29, 0.717) is 12.6 Å². The molecule has 0 saturated heterocycles. The van der Waals surface area contributed by atoms with Crippen LogP contribution < -0.4 is 10.9 Å². The van der Waals surface area contributed by atoms with Crippen LogP contribution in [0.5, 0.6) is 5.75 Å². The van der Waals surface area contributed by atoms with Gasteiger partial charge in [0.15, 0.2) is 0 Å². The molecule has 0 aliphatic carbocycles. The van der Waals surface area contributed by atoms with Crippen molar-refractivity contribution >= 4 is 22.6 Å². The summed E-state index contributed by atoms with van der Waals surface area (Å²) in [5, 5.41) is 17.0. The van der Waals surface area contributed by atoms with Gasteiger partial charge in [0.05, 0.1) is 23.8 Å². The molecule has 0 fully saturated rings. The maximum atomic E-state index is 13.8. The number of carbonyl (C=O) groups excluding carboxylic acids is 1. The number of aromatic nitrogens is 3. The monoisotopic (exact) mass is 396 g/mol. The lowest BCUT2D eigenvalue weighted by atomic mass is 10.2. The van der Waals surface area contributed by atoms with Crippen molar-refractivity contribution in [1.82, 2.24) is 14.8 Å². The summed E-state index contributed by atoms with van der Waals surface area (Å²) in [6.45, 7) is 0.339. The number of hydrogen-bond donors (Lipinski definition) is 3. The van der Waals surface area contributed by atoms with E-state index >= 15 is 0 Å². The van der Waals surface area contributed by atoms with Crippen LogP contribution >= 0.6 is 0 Å². The number of aromatic amines is 1. The SMILES string of the molecule is O=C(Nc1ccc(F)cc1F)c1c(O)c2cnn(Cc3ccccc3)c2[nH]c1=O. The van der Waals surface area contributed by atoms with Crippen LogP contribution in [0.2, 0.25) is 0 Å². The van der Waals surface area contributed by atoms with E-state index in [4.69, 9.17) is 0 Å². The van der Waals surface area contributed by atoms with Gasteiger partial charge in [0.1, 0.15) is 28.6 Å². The van der Waals surface area contributed by atoms with Crippen molar-refractivity contribution in [1.29, 1.82) is 0 Å². The van der Waals surface area contributed by atoms with Crippen molar-refractivity contribution in [2.75, 3.05) is 5.32 Å². The Hall–Kier alpha value is -4.01. The molecule has 0 radical (unpaired) electrons. The minimum Gasteiger partial charge on any atom is -0.506 e. The highest BCUT2D eigenvalue weighted by Crippen LogP contribution is 2.26. The number of H-pyrrole nitrogens is 1. The predicted molar refractivity (Wildman–Crippen MR) is 102 cm³/mol. The number of nitrogens with zero attached hydrogens (tertiary/aromatic N) is 2. The lowest BCUT2D eigenvalue weighted by Crippen LogP contribution is -2.24. The first-order chi connectivity index (χ1) is 13.9. The summed E-state index contributed by atoms with van der Waals surface area (Å²) in [5.41, 5.74) is -0.632. The van der Waals surface area contributed by atoms with Crippen molar-refractivity contribution in [3.05, 3.63) is 87.8 Å². The number of halogens is 2. The van der Waals surface area contributed by atoms with Gasteiger partial charge in [0, 0.05) is 6.07 Å². The molecule has 4 aromatic rings. The number of carbonyl (C=O) groups is 1. The van der Waals surface area contributed by atoms with Crippen molar-refractivity contribution in [3.8, 4) is 5.75 Å². The zero-order valence-electron chi connectivity index (χ0n) is 14.8. The fourth-order valence-corrected chi connectivity index (χ4v) is 2.97. The van der Waals surface area contributed by atoms with Crippen LogP contribution in [-0.4, -0.2) is 25.8 Å². The van der Waals surface area contributed by atoms with Gasteiger partial charge in [-0.3, -0.25) is 9.59 Å². The smallest absolute Gasteiger partial charge is 0.266 e. The normalized spacial score (nSPS) is 11.0. The molecule has 0 unspecified atom stereocenters. The van der Waals surface area contributed by atoms with E-state index in [2.05, 4.69) is 15.4 Å². The average molecular weight is 396 g/mol. The summed E-state index contributed by atoms with van der Waals surface area (Å²) in [5.74, 6) is -3.44. The van der Waals surface area contributed by atoms with Gasteiger partial charge in [-0.2, -0.15) is 5.10 Å². The standard InChI is InChI=1S/C20H14F2N4O3/c21-12-6-7-15(14(22)8-12)24-19(28)16-17(27)13-9-23-26(18(13)25-20(16)29)10-11-4-2-1-3-5-11/h1-9H,10H2,(H,24,28)(H2,25,27,29). The molecular formula is C20H14F2N4O3. The minimum atomic E-state index is -1.04. The number of amides is 1. The van der Waals surface area contributed by atoms with Gasteiger partial charge in [0.25, 0.3) is 11.5 Å². The third-order valence-corrected chi connectivity index (χ3v) is 4.37. The number of fused-ring (bicyclic) bond motifs is 1. The highest BCUT2D eigenvalue weighted by Gasteiger charge is 2.22. The van der Waals surface area contributed by atoms with Crippen molar-refractivity contribution in [2.24, 2.45) is 0 Å². The molecule has 0 aliphatic heterocycles. The topological polar surface area (TPSA) is 100 Å². The Morgan fingerprint density at radius 2 is 1.93 bits per heavy atom. The summed E-state index contributed by atoms with van der Waals surface area (Å²) >= 11 is 0. The van der Waals surface area contributed by atoms with Gasteiger partial charge < -0.3 is 15.4 Å². The van der Waals surface area contributed by atoms with Crippen LogP contribution in [0, 0.1) is 11.6 Å². The van der Waals surface area contributed by atoms with E-state index in [1.807, 2.05) is 30.3 Å². The molecule has 0 atom stereocenters. The maximum absolute atomic E-state index is 13.8. The Morgan fingerprint density at radius 1 is 1.17 bits per heavy atom. The second kappa shape index (κ2) is 7.19. The number of rotatable bonds is 4. The van der Waals surface area contributed by atoms with Crippen molar-refractivity contribution < 1.29 is 18.7 Å². The Balaban J connectivity index is 1.71. The molecular weight excluding hydrogens is 382 g/mol. The van der Waals surface area contributed by atoms with Gasteiger partial charge in [-0.15, -0.1) is 0 Å². The zero-order chi connectivity index (χ0) is 20.5. The third kappa shape index (κ3) is 3.45. The Morgan fingerprint density at radius 3 is 2.66 bits per heavy atom. The Labute approximate surface area is 162 Å². The molecule has 4 rings (SSSR count). The summed E-state index contributed by atoms with van der Waals surface area (Å²) in [7, 11) is 0. The number of nitrogens with one attached hydrogen (secondary N) is 2. The highest BCUT2D eigenvalue weighted by atomic mass is 19.1. The molecule has 2 aromatic carbocycles. The van der Waals surface area contributed by atoms with E-state index in [1.165, 1.54) is 10.9 Å². The first-order valence-electron chi connectivity index (χ1n) is 8.55. The molecule has 0 aliphatic rings. The van der Waals surface area contributed by atoms with E-state index in [0.717, 1.165) is 17.7 Å². The molecule has 7 nitrogen and oxygen atoms in total. The van der Waals surface area contributed by atoms with Crippen molar-refractivity contribution in [3.63, 3.8) is 0 Å². The van der Waals surface area contributed by atoms with Gasteiger partial charge >= 0.3 is 0 Å². The molecule has 0 bridgehead atoms. The van der Waals surface area contributed by atoms with Crippen LogP contribution in [-0.2, 0) is 6.54 Å². The zero-order valence-corrected chi connectivity index (χ0v) is 14.8. The van der Waals surface area contributed by atoms with Crippen LogP contribution in [0.25, 0.3) is 11.0 Å². The van der Waals surface area contributed by atoms with Gasteiger partial charge in [0.2, 0.25) is 0 Å². The molecule has 146 valence electrons. The fourth-order valence-electron chi connectivity index (χ4n) is 2.97. The summed E-state index contributed by atoms with van der Waals surface area (Å²) in [4.78, 5) is 27.4. The van der Waals surface area contributed by atoms with E-state index < -0.39 is 34.4 Å². The number of anilines is 1. The van der Waals surface area contributed by atoms with E-state index in [1.54, 1.807) is 0 Å². The van der Waals surface area contributed by atoms with E-state index in [9.17, 15) is 23.5 Å². The first-order valence-corrected chi connectivity index (χ1v) is 8.55. The van der Waals surface area contributed by atoms with Crippen LogP contribution in [0.15, 0.2) is 59.5 Å².